The Morgan fingerprint density at radius 1 is 1.25 bits per heavy atom. The molecule has 0 radical (unpaired) electrons. The van der Waals surface area contributed by atoms with Gasteiger partial charge in [-0.05, 0) is 25.0 Å². The van der Waals surface area contributed by atoms with E-state index in [-0.39, 0.29) is 52.8 Å². The number of fused-ring (bicyclic) bond motifs is 3. The van der Waals surface area contributed by atoms with Crippen LogP contribution in [0.4, 0.5) is 19.0 Å². The number of aromatic hydroxyl groups is 1. The predicted molar refractivity (Wildman–Crippen MR) is 111 cm³/mol. The van der Waals surface area contributed by atoms with Gasteiger partial charge in [-0.1, -0.05) is 0 Å². The van der Waals surface area contributed by atoms with Gasteiger partial charge in [-0.2, -0.15) is 0 Å². The highest BCUT2D eigenvalue weighted by Crippen LogP contribution is 2.40. The monoisotopic (exact) mass is 446 g/mol. The maximum absolute atomic E-state index is 14.4. The summed E-state index contributed by atoms with van der Waals surface area (Å²) in [5.41, 5.74) is -0.313. The van der Waals surface area contributed by atoms with Gasteiger partial charge >= 0.3 is 0 Å². The first-order valence-corrected chi connectivity index (χ1v) is 10.2. The Balaban J connectivity index is 1.43. The van der Waals surface area contributed by atoms with Crippen LogP contribution >= 0.6 is 0 Å². The van der Waals surface area contributed by atoms with E-state index in [1.165, 1.54) is 25.4 Å². The zero-order chi connectivity index (χ0) is 22.8. The summed E-state index contributed by atoms with van der Waals surface area (Å²) < 4.78 is 43.5. The molecular weight excluding hydrogens is 425 g/mol. The van der Waals surface area contributed by atoms with Gasteiger partial charge in [0.15, 0.2) is 11.6 Å². The predicted octanol–water partition coefficient (Wildman–Crippen LogP) is 2.20. The van der Waals surface area contributed by atoms with Crippen molar-refractivity contribution < 1.29 is 18.3 Å². The highest BCUT2D eigenvalue weighted by atomic mass is 19.3. The van der Waals surface area contributed by atoms with Gasteiger partial charge in [0, 0.05) is 44.2 Å². The van der Waals surface area contributed by atoms with Crippen molar-refractivity contribution in [3.8, 4) is 17.1 Å². The fraction of sp³-hybridized carbons (Fsp3) is 0.429. The number of piperidine rings is 1. The summed E-state index contributed by atoms with van der Waals surface area (Å²) in [6.45, 7) is 0. The van der Waals surface area contributed by atoms with Crippen LogP contribution in [0.2, 0.25) is 0 Å². The number of aryl methyl sites for hydroxylation is 1. The lowest BCUT2D eigenvalue weighted by molar-refractivity contribution is -0.0128. The van der Waals surface area contributed by atoms with E-state index in [2.05, 4.69) is 20.5 Å². The molecule has 2 saturated heterocycles. The number of hydrogen-bond acceptors (Lipinski definition) is 7. The third-order valence-electron chi connectivity index (χ3n) is 6.48. The number of pyridine rings is 1. The SMILES string of the molecule is CN(c1cnc(-c2cc3c(F)cn(C)c(=O)c3cc2O)nn1)[C@H]1CC2CC(F)(F)C(C1)N2. The van der Waals surface area contributed by atoms with E-state index in [1.807, 2.05) is 0 Å². The fourth-order valence-corrected chi connectivity index (χ4v) is 4.71. The number of rotatable bonds is 3. The Labute approximate surface area is 180 Å². The van der Waals surface area contributed by atoms with Gasteiger partial charge in [0.25, 0.3) is 11.5 Å². The van der Waals surface area contributed by atoms with Crippen LogP contribution in [-0.2, 0) is 7.05 Å². The number of benzene rings is 1. The molecule has 3 atom stereocenters. The molecule has 1 aromatic carbocycles. The Hall–Kier alpha value is -3.21. The third-order valence-corrected chi connectivity index (χ3v) is 6.48. The van der Waals surface area contributed by atoms with Gasteiger partial charge in [-0.15, -0.1) is 10.2 Å². The van der Waals surface area contributed by atoms with Crippen LogP contribution in [0.5, 0.6) is 5.75 Å². The van der Waals surface area contributed by atoms with Crippen LogP contribution in [0.15, 0.2) is 29.3 Å². The molecule has 2 aliphatic rings. The van der Waals surface area contributed by atoms with E-state index >= 15 is 0 Å². The quantitative estimate of drug-likeness (QED) is 0.637. The molecule has 8 nitrogen and oxygen atoms in total. The van der Waals surface area contributed by atoms with Gasteiger partial charge in [0.1, 0.15) is 11.6 Å². The Bertz CT molecular complexity index is 1260. The molecule has 32 heavy (non-hydrogen) atoms. The molecule has 11 heteroatoms. The van der Waals surface area contributed by atoms with Gasteiger partial charge in [-0.3, -0.25) is 4.79 Å². The van der Waals surface area contributed by atoms with Gasteiger partial charge in [0.05, 0.1) is 23.2 Å². The van der Waals surface area contributed by atoms with E-state index in [9.17, 15) is 23.1 Å². The number of phenolic OH excluding ortho intramolecular Hbond substituents is 1. The summed E-state index contributed by atoms with van der Waals surface area (Å²) in [5.74, 6) is -3.15. The highest BCUT2D eigenvalue weighted by molar-refractivity contribution is 5.89. The van der Waals surface area contributed by atoms with Crippen molar-refractivity contribution in [3.05, 3.63) is 40.7 Å². The van der Waals surface area contributed by atoms with Gasteiger partial charge < -0.3 is 19.9 Å². The number of alkyl halides is 2. The second-order valence-corrected chi connectivity index (χ2v) is 8.57. The average molecular weight is 446 g/mol. The minimum atomic E-state index is -2.71. The molecule has 5 rings (SSSR count). The molecule has 2 fully saturated rings. The zero-order valence-corrected chi connectivity index (χ0v) is 17.4. The van der Waals surface area contributed by atoms with Crippen molar-refractivity contribution >= 4 is 16.6 Å². The van der Waals surface area contributed by atoms with Crippen LogP contribution in [-0.4, -0.2) is 56.0 Å². The summed E-state index contributed by atoms with van der Waals surface area (Å²) >= 11 is 0. The Morgan fingerprint density at radius 3 is 2.72 bits per heavy atom. The van der Waals surface area contributed by atoms with Crippen LogP contribution in [0.25, 0.3) is 22.2 Å². The maximum atomic E-state index is 14.4. The van der Waals surface area contributed by atoms with E-state index < -0.39 is 23.3 Å². The molecule has 2 unspecified atom stereocenters. The molecule has 0 amide bonds. The van der Waals surface area contributed by atoms with Crippen molar-refractivity contribution in [1.82, 2.24) is 25.1 Å². The van der Waals surface area contributed by atoms with Gasteiger partial charge in [0.2, 0.25) is 0 Å². The molecule has 2 N–H and O–H groups in total. The number of hydrogen-bond donors (Lipinski definition) is 2. The Morgan fingerprint density at radius 2 is 2.03 bits per heavy atom. The summed E-state index contributed by atoms with van der Waals surface area (Å²) in [7, 11) is 3.19. The summed E-state index contributed by atoms with van der Waals surface area (Å²) in [4.78, 5) is 18.3. The van der Waals surface area contributed by atoms with Crippen LogP contribution in [0, 0.1) is 5.82 Å². The largest absolute Gasteiger partial charge is 0.507 e. The molecule has 2 bridgehead atoms. The van der Waals surface area contributed by atoms with Crippen molar-refractivity contribution in [2.24, 2.45) is 7.05 Å². The van der Waals surface area contributed by atoms with Crippen molar-refractivity contribution in [1.29, 1.82) is 0 Å². The number of aromatic nitrogens is 4. The third kappa shape index (κ3) is 3.27. The second kappa shape index (κ2) is 7.16. The first-order chi connectivity index (χ1) is 15.1. The first-order valence-electron chi connectivity index (χ1n) is 10.2. The fourth-order valence-electron chi connectivity index (χ4n) is 4.71. The molecule has 2 aliphatic heterocycles. The number of halogens is 3. The van der Waals surface area contributed by atoms with Crippen molar-refractivity contribution in [2.75, 3.05) is 11.9 Å². The van der Waals surface area contributed by atoms with Crippen LogP contribution in [0.1, 0.15) is 19.3 Å². The van der Waals surface area contributed by atoms with E-state index in [0.29, 0.717) is 12.2 Å². The molecule has 0 spiro atoms. The van der Waals surface area contributed by atoms with Gasteiger partial charge in [-0.25, -0.2) is 18.2 Å². The smallest absolute Gasteiger partial charge is 0.264 e. The molecule has 4 heterocycles. The lowest BCUT2D eigenvalue weighted by Gasteiger charge is -2.35. The lowest BCUT2D eigenvalue weighted by atomic mass is 9.98. The molecule has 168 valence electrons. The van der Waals surface area contributed by atoms with E-state index in [1.54, 1.807) is 11.9 Å². The Kier molecular flexibility index (Phi) is 4.63. The molecule has 0 saturated carbocycles. The van der Waals surface area contributed by atoms with E-state index in [0.717, 1.165) is 10.8 Å². The average Bonchev–Trinajstić information content (AvgIpc) is 2.97. The number of anilines is 1. The van der Waals surface area contributed by atoms with Crippen LogP contribution in [0.3, 0.4) is 0 Å². The van der Waals surface area contributed by atoms with Crippen molar-refractivity contribution in [2.45, 2.75) is 43.3 Å². The van der Waals surface area contributed by atoms with Crippen LogP contribution < -0.4 is 15.8 Å². The normalized spacial score (nSPS) is 24.1. The standard InChI is InChI=1S/C21H21F3N6O2/c1-29-9-15(22)12-5-14(16(31)6-13(12)20(29)32)19-25-8-18(27-28-19)30(2)11-3-10-7-21(23,24)17(4-11)26-10/h5-6,8-11,17,26,31H,3-4,7H2,1-2H3/t10?,11-,17?/m0/s1. The highest BCUT2D eigenvalue weighted by Gasteiger charge is 2.53. The minimum Gasteiger partial charge on any atom is -0.507 e. The number of nitrogens with one attached hydrogen (secondary N) is 1. The summed E-state index contributed by atoms with van der Waals surface area (Å²) in [6.07, 6.45) is 3.19. The zero-order valence-electron chi connectivity index (χ0n) is 17.4. The maximum Gasteiger partial charge on any atom is 0.264 e. The number of phenols is 1. The van der Waals surface area contributed by atoms with Crippen molar-refractivity contribution in [3.63, 3.8) is 0 Å². The minimum absolute atomic E-state index is 0.0374. The van der Waals surface area contributed by atoms with E-state index in [4.69, 9.17) is 0 Å². The first kappa shape index (κ1) is 20.7. The molecule has 0 aliphatic carbocycles. The number of nitrogens with zero attached hydrogens (tertiary/aromatic N) is 5. The molecular formula is C21H21F3N6O2. The second-order valence-electron chi connectivity index (χ2n) is 8.57. The lowest BCUT2D eigenvalue weighted by Crippen LogP contribution is -2.50. The topological polar surface area (TPSA) is 96.2 Å². The molecule has 3 aromatic rings. The summed E-state index contributed by atoms with van der Waals surface area (Å²) in [5, 5.41) is 21.6. The summed E-state index contributed by atoms with van der Waals surface area (Å²) in [6, 6.07) is 1.26. The molecule has 2 aromatic heterocycles.